The summed E-state index contributed by atoms with van der Waals surface area (Å²) in [5.41, 5.74) is 2.48. The van der Waals surface area contributed by atoms with E-state index in [2.05, 4.69) is 5.10 Å². The first-order valence-corrected chi connectivity index (χ1v) is 6.85. The van der Waals surface area contributed by atoms with Crippen molar-refractivity contribution in [3.05, 3.63) is 66.2 Å². The van der Waals surface area contributed by atoms with Gasteiger partial charge in [0.25, 0.3) is 0 Å². The lowest BCUT2D eigenvalue weighted by Crippen LogP contribution is -2.30. The standard InChI is InChI=1S/C17H16N2O2/c1-12-15(17(20)21)16(13-8-4-2-5-9-13)19(18-12)14-10-6-3-7-11-14/h2-11,15-16H,1H3,(H,20,21). The van der Waals surface area contributed by atoms with Crippen LogP contribution >= 0.6 is 0 Å². The number of carbonyl (C=O) groups is 1. The van der Waals surface area contributed by atoms with E-state index in [9.17, 15) is 9.90 Å². The third-order valence-electron chi connectivity index (χ3n) is 3.72. The Morgan fingerprint density at radius 3 is 2.19 bits per heavy atom. The van der Waals surface area contributed by atoms with Gasteiger partial charge >= 0.3 is 5.97 Å². The molecule has 1 N–H and O–H groups in total. The number of aliphatic carboxylic acids is 1. The minimum atomic E-state index is -0.844. The molecular formula is C17H16N2O2. The summed E-state index contributed by atoms with van der Waals surface area (Å²) in [6.45, 7) is 1.78. The van der Waals surface area contributed by atoms with Gasteiger partial charge in [0.05, 0.1) is 17.4 Å². The molecule has 0 aromatic heterocycles. The second-order valence-corrected chi connectivity index (χ2v) is 5.09. The molecule has 2 aromatic rings. The molecule has 1 heterocycles. The average Bonchev–Trinajstić information content (AvgIpc) is 2.86. The molecule has 0 saturated carbocycles. The summed E-state index contributed by atoms with van der Waals surface area (Å²) < 4.78 is 0. The number of carboxylic acid groups (broad SMARTS) is 1. The Labute approximate surface area is 123 Å². The maximum atomic E-state index is 11.7. The molecule has 0 saturated heterocycles. The summed E-state index contributed by atoms with van der Waals surface area (Å²) in [7, 11) is 0. The van der Waals surface area contributed by atoms with Gasteiger partial charge in [-0.1, -0.05) is 48.5 Å². The normalized spacial score (nSPS) is 21.2. The molecule has 3 rings (SSSR count). The zero-order valence-corrected chi connectivity index (χ0v) is 11.7. The van der Waals surface area contributed by atoms with Crippen LogP contribution in [0.3, 0.4) is 0 Å². The Hall–Kier alpha value is -2.62. The number of para-hydroxylation sites is 1. The Morgan fingerprint density at radius 2 is 1.62 bits per heavy atom. The molecule has 0 spiro atoms. The average molecular weight is 280 g/mol. The molecule has 2 unspecified atom stereocenters. The van der Waals surface area contributed by atoms with Crippen LogP contribution in [-0.2, 0) is 4.79 Å². The lowest BCUT2D eigenvalue weighted by Gasteiger charge is -2.26. The van der Waals surface area contributed by atoms with Crippen LogP contribution in [0.5, 0.6) is 0 Å². The van der Waals surface area contributed by atoms with E-state index in [-0.39, 0.29) is 6.04 Å². The summed E-state index contributed by atoms with van der Waals surface area (Å²) in [6, 6.07) is 19.0. The summed E-state index contributed by atoms with van der Waals surface area (Å²) in [5.74, 6) is -1.48. The Balaban J connectivity index is 2.08. The van der Waals surface area contributed by atoms with Crippen molar-refractivity contribution in [3.63, 3.8) is 0 Å². The number of benzene rings is 2. The van der Waals surface area contributed by atoms with E-state index in [4.69, 9.17) is 0 Å². The van der Waals surface area contributed by atoms with Gasteiger partial charge in [0.15, 0.2) is 0 Å². The number of rotatable bonds is 3. The van der Waals surface area contributed by atoms with Crippen LogP contribution in [0, 0.1) is 5.92 Å². The van der Waals surface area contributed by atoms with Gasteiger partial charge in [0, 0.05) is 0 Å². The molecule has 0 fully saturated rings. The predicted octanol–water partition coefficient (Wildman–Crippen LogP) is 3.32. The quantitative estimate of drug-likeness (QED) is 0.938. The predicted molar refractivity (Wildman–Crippen MR) is 82.3 cm³/mol. The van der Waals surface area contributed by atoms with Gasteiger partial charge in [-0.05, 0) is 24.6 Å². The molecule has 4 heteroatoms. The van der Waals surface area contributed by atoms with Crippen molar-refractivity contribution in [1.29, 1.82) is 0 Å². The molecule has 0 radical (unpaired) electrons. The molecule has 0 aliphatic carbocycles. The van der Waals surface area contributed by atoms with E-state index < -0.39 is 11.9 Å². The van der Waals surface area contributed by atoms with Crippen molar-refractivity contribution < 1.29 is 9.90 Å². The maximum absolute atomic E-state index is 11.7. The zero-order chi connectivity index (χ0) is 14.8. The van der Waals surface area contributed by atoms with Crippen LogP contribution < -0.4 is 5.01 Å². The number of hydrogen-bond acceptors (Lipinski definition) is 3. The molecule has 1 aliphatic rings. The fourth-order valence-electron chi connectivity index (χ4n) is 2.76. The maximum Gasteiger partial charge on any atom is 0.314 e. The Morgan fingerprint density at radius 1 is 1.05 bits per heavy atom. The highest BCUT2D eigenvalue weighted by Crippen LogP contribution is 2.39. The van der Waals surface area contributed by atoms with Gasteiger partial charge in [-0.25, -0.2) is 0 Å². The highest BCUT2D eigenvalue weighted by atomic mass is 16.4. The van der Waals surface area contributed by atoms with Crippen LogP contribution in [-0.4, -0.2) is 16.8 Å². The molecular weight excluding hydrogens is 264 g/mol. The molecule has 106 valence electrons. The Kier molecular flexibility index (Phi) is 3.44. The molecule has 0 amide bonds. The number of anilines is 1. The minimum Gasteiger partial charge on any atom is -0.481 e. The van der Waals surface area contributed by atoms with Gasteiger partial charge in [-0.3, -0.25) is 9.80 Å². The monoisotopic (exact) mass is 280 g/mol. The summed E-state index contributed by atoms with van der Waals surface area (Å²) in [6.07, 6.45) is 0. The zero-order valence-electron chi connectivity index (χ0n) is 11.7. The largest absolute Gasteiger partial charge is 0.481 e. The summed E-state index contributed by atoms with van der Waals surface area (Å²) in [4.78, 5) is 11.7. The van der Waals surface area contributed by atoms with Gasteiger partial charge in [-0.2, -0.15) is 5.10 Å². The first-order chi connectivity index (χ1) is 10.2. The SMILES string of the molecule is CC1=NN(c2ccccc2)C(c2ccccc2)C1C(=O)O. The third kappa shape index (κ3) is 2.40. The number of hydrogen-bond donors (Lipinski definition) is 1. The second-order valence-electron chi connectivity index (χ2n) is 5.09. The number of hydrazone groups is 1. The summed E-state index contributed by atoms with van der Waals surface area (Å²) >= 11 is 0. The van der Waals surface area contributed by atoms with Gasteiger partial charge in [-0.15, -0.1) is 0 Å². The van der Waals surface area contributed by atoms with E-state index >= 15 is 0 Å². The molecule has 1 aliphatic heterocycles. The number of carboxylic acids is 1. The van der Waals surface area contributed by atoms with E-state index in [1.54, 1.807) is 6.92 Å². The Bertz CT molecular complexity index is 668. The van der Waals surface area contributed by atoms with Crippen LogP contribution in [0.15, 0.2) is 65.8 Å². The van der Waals surface area contributed by atoms with Crippen molar-refractivity contribution in [2.45, 2.75) is 13.0 Å². The van der Waals surface area contributed by atoms with Crippen molar-refractivity contribution in [3.8, 4) is 0 Å². The minimum absolute atomic E-state index is 0.314. The molecule has 4 nitrogen and oxygen atoms in total. The topological polar surface area (TPSA) is 52.9 Å². The van der Waals surface area contributed by atoms with Crippen LogP contribution in [0.25, 0.3) is 0 Å². The van der Waals surface area contributed by atoms with E-state index in [0.717, 1.165) is 11.3 Å². The summed E-state index contributed by atoms with van der Waals surface area (Å²) in [5, 5.41) is 15.9. The lowest BCUT2D eigenvalue weighted by atomic mass is 9.90. The smallest absolute Gasteiger partial charge is 0.314 e. The fraction of sp³-hybridized carbons (Fsp3) is 0.176. The fourth-order valence-corrected chi connectivity index (χ4v) is 2.76. The molecule has 21 heavy (non-hydrogen) atoms. The molecule has 2 aromatic carbocycles. The first-order valence-electron chi connectivity index (χ1n) is 6.85. The lowest BCUT2D eigenvalue weighted by molar-refractivity contribution is -0.139. The van der Waals surface area contributed by atoms with Crippen molar-refractivity contribution in [2.75, 3.05) is 5.01 Å². The highest BCUT2D eigenvalue weighted by Gasteiger charge is 2.41. The van der Waals surface area contributed by atoms with Crippen LogP contribution in [0.2, 0.25) is 0 Å². The van der Waals surface area contributed by atoms with Crippen LogP contribution in [0.1, 0.15) is 18.5 Å². The molecule has 0 bridgehead atoms. The van der Waals surface area contributed by atoms with Crippen molar-refractivity contribution >= 4 is 17.4 Å². The second kappa shape index (κ2) is 5.40. The third-order valence-corrected chi connectivity index (χ3v) is 3.72. The first kappa shape index (κ1) is 13.4. The van der Waals surface area contributed by atoms with E-state index in [0.29, 0.717) is 5.71 Å². The molecule has 2 atom stereocenters. The van der Waals surface area contributed by atoms with Crippen molar-refractivity contribution in [2.24, 2.45) is 11.0 Å². The van der Waals surface area contributed by atoms with Gasteiger partial charge in [0.1, 0.15) is 5.92 Å². The van der Waals surface area contributed by atoms with E-state index in [1.807, 2.05) is 65.7 Å². The van der Waals surface area contributed by atoms with E-state index in [1.165, 1.54) is 0 Å². The number of nitrogens with zero attached hydrogens (tertiary/aromatic N) is 2. The van der Waals surface area contributed by atoms with Gasteiger partial charge in [0.2, 0.25) is 0 Å². The van der Waals surface area contributed by atoms with Gasteiger partial charge < -0.3 is 5.11 Å². The highest BCUT2D eigenvalue weighted by molar-refractivity contribution is 6.03. The van der Waals surface area contributed by atoms with Crippen molar-refractivity contribution in [1.82, 2.24) is 0 Å². The van der Waals surface area contributed by atoms with Crippen LogP contribution in [0.4, 0.5) is 5.69 Å².